The Labute approximate surface area is 300 Å². The Morgan fingerprint density at radius 2 is 0.915 bits per heavy atom. The fraction of sp³-hybridized carbons (Fsp3) is 0.636. The summed E-state index contributed by atoms with van der Waals surface area (Å²) in [6.07, 6.45) is 26.9. The molecule has 266 valence electrons. The third kappa shape index (κ3) is 19.6. The van der Waals surface area contributed by atoms with E-state index in [1.54, 1.807) is 0 Å². The molecule has 0 atom stereocenters. The van der Waals surface area contributed by atoms with Gasteiger partial charge in [0.1, 0.15) is 0 Å². The van der Waals surface area contributed by atoms with E-state index in [0.717, 1.165) is 62.1 Å². The van der Waals surface area contributed by atoms with Crippen molar-refractivity contribution in [2.24, 2.45) is 0 Å². The fourth-order valence-electron chi connectivity index (χ4n) is 6.25. The summed E-state index contributed by atoms with van der Waals surface area (Å²) in [5.74, 6) is 3.10. The van der Waals surface area contributed by atoms with Crippen LogP contribution >= 0.6 is 0 Å². The van der Waals surface area contributed by atoms with Crippen molar-refractivity contribution < 1.29 is 22.8 Å². The van der Waals surface area contributed by atoms with Crippen molar-refractivity contribution in [3.8, 4) is 0 Å². The number of rotatable bonds is 25. The van der Waals surface area contributed by atoms with Crippen molar-refractivity contribution in [2.75, 3.05) is 0 Å². The van der Waals surface area contributed by atoms with Gasteiger partial charge < -0.3 is 5.53 Å². The number of aryl methyl sites for hydroxylation is 2. The average Bonchev–Trinajstić information content (AvgIpc) is 3.09. The number of nitrogens with zero attached hydrogens (tertiary/aromatic N) is 2. The molecule has 0 aliphatic heterocycles. The summed E-state index contributed by atoms with van der Waals surface area (Å²) in [6, 6.07) is 18.7. The Morgan fingerprint density at radius 1 is 0.532 bits per heavy atom. The molecule has 2 nitrogen and oxygen atoms in total. The van der Waals surface area contributed by atoms with Gasteiger partial charge >= 0.3 is 34.6 Å². The Morgan fingerprint density at radius 3 is 1.36 bits per heavy atom. The minimum absolute atomic E-state index is 0.912. The van der Waals surface area contributed by atoms with Crippen molar-refractivity contribution in [3.05, 3.63) is 87.5 Å². The van der Waals surface area contributed by atoms with Crippen LogP contribution in [-0.4, -0.2) is 10.7 Å². The molecule has 0 bridgehead atoms. The molecule has 0 spiro atoms. The van der Waals surface area contributed by atoms with Crippen LogP contribution in [0.2, 0.25) is 10.8 Å². The molecule has 2 rings (SSSR count). The van der Waals surface area contributed by atoms with Gasteiger partial charge in [0.15, 0.2) is 0 Å². The average molecular weight is 733 g/mol. The first kappa shape index (κ1) is 43.0. The number of benzene rings is 2. The second-order valence-electron chi connectivity index (χ2n) is 13.2. The third-order valence-electron chi connectivity index (χ3n) is 9.03. The summed E-state index contributed by atoms with van der Waals surface area (Å²) in [4.78, 5) is 3.51. The SMILES string of the molecule is CCCCCCCCC(=C=[N+]=[N-])C(CCCCCCCC)=C(c1ccc(CCCC)cc1)c1ccc(CCCCCC)cc1.[CH3][Pd][CH3]. The first-order valence-corrected chi connectivity index (χ1v) is 22.3. The Balaban J connectivity index is 0.00000354. The van der Waals surface area contributed by atoms with E-state index < -0.39 is 0 Å². The molecule has 0 aliphatic carbocycles. The van der Waals surface area contributed by atoms with Gasteiger partial charge in [0.25, 0.3) is 0 Å². The van der Waals surface area contributed by atoms with Gasteiger partial charge in [0.05, 0.1) is 5.57 Å². The molecule has 0 saturated heterocycles. The number of hydrogen-bond acceptors (Lipinski definition) is 0. The van der Waals surface area contributed by atoms with E-state index in [9.17, 15) is 5.53 Å². The van der Waals surface area contributed by atoms with Gasteiger partial charge in [-0.2, -0.15) is 0 Å². The summed E-state index contributed by atoms with van der Waals surface area (Å²) in [6.45, 7) is 9.09. The van der Waals surface area contributed by atoms with E-state index >= 15 is 0 Å². The molecule has 0 saturated carbocycles. The van der Waals surface area contributed by atoms with Crippen molar-refractivity contribution in [1.29, 1.82) is 0 Å². The Hall–Kier alpha value is -2.00. The van der Waals surface area contributed by atoms with Crippen LogP contribution in [0.1, 0.15) is 178 Å². The summed E-state index contributed by atoms with van der Waals surface area (Å²) >= 11 is 0.950. The van der Waals surface area contributed by atoms with Crippen LogP contribution in [0, 0.1) is 0 Å². The molecule has 2 aromatic carbocycles. The second kappa shape index (κ2) is 30.1. The maximum atomic E-state index is 9.80. The van der Waals surface area contributed by atoms with E-state index in [2.05, 4.69) is 97.7 Å². The molecular formula is C44H70N2Pd. The Bertz CT molecular complexity index is 1150. The van der Waals surface area contributed by atoms with Crippen LogP contribution in [-0.2, 0) is 30.8 Å². The molecule has 3 heteroatoms. The van der Waals surface area contributed by atoms with Crippen LogP contribution < -0.4 is 0 Å². The monoisotopic (exact) mass is 732 g/mol. The van der Waals surface area contributed by atoms with Crippen molar-refractivity contribution in [3.63, 3.8) is 0 Å². The summed E-state index contributed by atoms with van der Waals surface area (Å²) in [5.41, 5.74) is 18.9. The van der Waals surface area contributed by atoms with Crippen molar-refractivity contribution in [1.82, 2.24) is 0 Å². The van der Waals surface area contributed by atoms with Gasteiger partial charge in [0, 0.05) is 0 Å². The van der Waals surface area contributed by atoms with Gasteiger partial charge in [0.2, 0.25) is 0 Å². The van der Waals surface area contributed by atoms with Gasteiger partial charge in [-0.3, -0.25) is 0 Å². The van der Waals surface area contributed by atoms with Crippen LogP contribution in [0.3, 0.4) is 0 Å². The molecular weight excluding hydrogens is 663 g/mol. The standard InChI is InChI=1S/C42H64N2.2CH3.Pd/c1-5-9-13-16-18-21-25-40(35-44-43)41(26-22-19-17-14-10-6-2)42(38-31-27-36(28-32-38)23-12-8-4)39-33-29-37(30-34-39)24-20-15-11-7-3;;;/h27-34H,5-26H2,1-4H3;2*1H3;. The van der Waals surface area contributed by atoms with Gasteiger partial charge in [-0.1, -0.05) is 166 Å². The van der Waals surface area contributed by atoms with E-state index in [-0.39, 0.29) is 0 Å². The van der Waals surface area contributed by atoms with Crippen LogP contribution in [0.5, 0.6) is 0 Å². The number of unbranched alkanes of at least 4 members (excludes halogenated alkanes) is 14. The zero-order valence-corrected chi connectivity index (χ0v) is 32.9. The van der Waals surface area contributed by atoms with Crippen molar-refractivity contribution in [2.45, 2.75) is 180 Å². The number of hydrogen-bond donors (Lipinski definition) is 0. The maximum absolute atomic E-state index is 9.80. The van der Waals surface area contributed by atoms with Crippen LogP contribution in [0.25, 0.3) is 11.1 Å². The minimum atomic E-state index is 0.912. The fourth-order valence-corrected chi connectivity index (χ4v) is 6.25. The van der Waals surface area contributed by atoms with Gasteiger partial charge in [-0.05, 0) is 84.8 Å². The summed E-state index contributed by atoms with van der Waals surface area (Å²) in [5, 5.41) is 4.35. The second-order valence-corrected chi connectivity index (χ2v) is 14.8. The molecule has 0 heterocycles. The zero-order chi connectivity index (χ0) is 34.4. The van der Waals surface area contributed by atoms with E-state index in [0.29, 0.717) is 0 Å². The quantitative estimate of drug-likeness (QED) is 0.0243. The number of allylic oxidation sites excluding steroid dienone is 2. The van der Waals surface area contributed by atoms with E-state index in [1.165, 1.54) is 136 Å². The predicted molar refractivity (Wildman–Crippen MR) is 205 cm³/mol. The molecule has 0 aromatic heterocycles. The molecule has 2 aromatic rings. The van der Waals surface area contributed by atoms with Crippen LogP contribution in [0.15, 0.2) is 59.7 Å². The summed E-state index contributed by atoms with van der Waals surface area (Å²) in [7, 11) is 0. The first-order valence-electron chi connectivity index (χ1n) is 19.2. The van der Waals surface area contributed by atoms with E-state index in [1.807, 2.05) is 0 Å². The molecule has 0 amide bonds. The molecule has 0 unspecified atom stereocenters. The zero-order valence-electron chi connectivity index (χ0n) is 31.4. The molecule has 0 radical (unpaired) electrons. The molecule has 0 aliphatic rings. The van der Waals surface area contributed by atoms with E-state index in [4.69, 9.17) is 0 Å². The summed E-state index contributed by atoms with van der Waals surface area (Å²) < 4.78 is 0. The molecule has 0 fully saturated rings. The topological polar surface area (TPSA) is 36.4 Å². The van der Waals surface area contributed by atoms with Crippen LogP contribution in [0.4, 0.5) is 0 Å². The van der Waals surface area contributed by atoms with Crippen molar-refractivity contribution >= 4 is 11.4 Å². The predicted octanol–water partition coefficient (Wildman–Crippen LogP) is 14.4. The molecule has 47 heavy (non-hydrogen) atoms. The Kier molecular flexibility index (Phi) is 27.5. The van der Waals surface area contributed by atoms with Gasteiger partial charge in [-0.25, -0.2) is 0 Å². The molecule has 0 N–H and O–H groups in total. The first-order chi connectivity index (χ1) is 23.1. The normalized spacial score (nSPS) is 11.4. The van der Waals surface area contributed by atoms with Gasteiger partial charge in [-0.15, -0.1) is 4.79 Å². The third-order valence-corrected chi connectivity index (χ3v) is 9.03.